The van der Waals surface area contributed by atoms with Crippen molar-refractivity contribution in [1.29, 1.82) is 0 Å². The fourth-order valence-corrected chi connectivity index (χ4v) is 2.31. The zero-order chi connectivity index (χ0) is 16.4. The van der Waals surface area contributed by atoms with Crippen LogP contribution in [0.3, 0.4) is 0 Å². The third-order valence-electron chi connectivity index (χ3n) is 3.51. The molecule has 7 heteroatoms. The molecular weight excluding hydrogens is 302 g/mol. The molecule has 2 aromatic rings. The van der Waals surface area contributed by atoms with Crippen LogP contribution >= 0.6 is 0 Å². The highest BCUT2D eigenvalue weighted by molar-refractivity contribution is 5.93. The number of nitrogens with zero attached hydrogens (tertiary/aromatic N) is 1. The first-order valence-electron chi connectivity index (χ1n) is 7.09. The summed E-state index contributed by atoms with van der Waals surface area (Å²) in [5.41, 5.74) is 0.884. The topological polar surface area (TPSA) is 89.2 Å². The van der Waals surface area contributed by atoms with Crippen molar-refractivity contribution in [1.82, 2.24) is 4.90 Å². The Hall–Kier alpha value is -2.96. The van der Waals surface area contributed by atoms with Crippen LogP contribution in [-0.2, 0) is 6.54 Å². The monoisotopic (exact) mass is 317 g/mol. The fourth-order valence-electron chi connectivity index (χ4n) is 2.31. The van der Waals surface area contributed by atoms with Gasteiger partial charge in [-0.3, -0.25) is 4.79 Å². The number of fused-ring (bicyclic) bond motifs is 1. The lowest BCUT2D eigenvalue weighted by molar-refractivity contribution is 0.0649. The summed E-state index contributed by atoms with van der Waals surface area (Å²) in [5.74, 6) is -0.490. The van der Waals surface area contributed by atoms with Gasteiger partial charge in [0.15, 0.2) is 17.3 Å². The summed E-state index contributed by atoms with van der Waals surface area (Å²) in [7, 11) is 0. The van der Waals surface area contributed by atoms with Crippen LogP contribution in [0.2, 0.25) is 0 Å². The van der Waals surface area contributed by atoms with Gasteiger partial charge in [0.2, 0.25) is 12.6 Å². The van der Waals surface area contributed by atoms with Crippen LogP contribution < -0.4 is 9.47 Å². The van der Waals surface area contributed by atoms with Crippen molar-refractivity contribution in [3.63, 3.8) is 0 Å². The van der Waals surface area contributed by atoms with Crippen molar-refractivity contribution < 1.29 is 28.6 Å². The standard InChI is InChI=1S/C16H15NO6/c1-2-17(15(18)12-5-6-13(23-12)16(19)20)8-10-3-4-11-14(7-10)22-9-21-11/h3-7H,2,8-9H2,1H3,(H,19,20). The first-order valence-corrected chi connectivity index (χ1v) is 7.09. The summed E-state index contributed by atoms with van der Waals surface area (Å²) in [6.07, 6.45) is 0. The minimum absolute atomic E-state index is 0.00462. The number of hydrogen-bond acceptors (Lipinski definition) is 5. The lowest BCUT2D eigenvalue weighted by atomic mass is 10.2. The summed E-state index contributed by atoms with van der Waals surface area (Å²) in [5, 5.41) is 8.86. The van der Waals surface area contributed by atoms with E-state index in [0.717, 1.165) is 5.56 Å². The summed E-state index contributed by atoms with van der Waals surface area (Å²) in [6.45, 7) is 2.84. The molecule has 0 radical (unpaired) electrons. The zero-order valence-electron chi connectivity index (χ0n) is 12.4. The van der Waals surface area contributed by atoms with Crippen LogP contribution in [0.5, 0.6) is 11.5 Å². The maximum atomic E-state index is 12.4. The quantitative estimate of drug-likeness (QED) is 0.910. The smallest absolute Gasteiger partial charge is 0.371 e. The highest BCUT2D eigenvalue weighted by atomic mass is 16.7. The molecule has 1 N–H and O–H groups in total. The molecule has 2 heterocycles. The van der Waals surface area contributed by atoms with Crippen molar-refractivity contribution in [2.75, 3.05) is 13.3 Å². The molecule has 1 aliphatic heterocycles. The van der Waals surface area contributed by atoms with E-state index in [2.05, 4.69) is 0 Å². The van der Waals surface area contributed by atoms with E-state index >= 15 is 0 Å². The normalized spacial score (nSPS) is 12.2. The van der Waals surface area contributed by atoms with Gasteiger partial charge in [0, 0.05) is 13.1 Å². The molecule has 0 saturated carbocycles. The molecule has 0 spiro atoms. The van der Waals surface area contributed by atoms with E-state index < -0.39 is 5.97 Å². The van der Waals surface area contributed by atoms with Gasteiger partial charge in [0.05, 0.1) is 0 Å². The Bertz CT molecular complexity index is 751. The van der Waals surface area contributed by atoms with Gasteiger partial charge in [-0.15, -0.1) is 0 Å². The first kappa shape index (κ1) is 15.0. The molecule has 1 amide bonds. The second-order valence-electron chi connectivity index (χ2n) is 4.98. The Morgan fingerprint density at radius 2 is 1.87 bits per heavy atom. The van der Waals surface area contributed by atoms with Crippen molar-refractivity contribution in [2.24, 2.45) is 0 Å². The maximum absolute atomic E-state index is 12.4. The average molecular weight is 317 g/mol. The van der Waals surface area contributed by atoms with E-state index in [-0.39, 0.29) is 24.2 Å². The zero-order valence-corrected chi connectivity index (χ0v) is 12.4. The Morgan fingerprint density at radius 1 is 1.13 bits per heavy atom. The minimum Gasteiger partial charge on any atom is -0.475 e. The maximum Gasteiger partial charge on any atom is 0.371 e. The van der Waals surface area contributed by atoms with Gasteiger partial charge in [-0.1, -0.05) is 6.07 Å². The number of carboxylic acid groups (broad SMARTS) is 1. The molecule has 0 saturated heterocycles. The third-order valence-corrected chi connectivity index (χ3v) is 3.51. The Morgan fingerprint density at radius 3 is 2.57 bits per heavy atom. The Labute approximate surface area is 132 Å². The molecule has 7 nitrogen and oxygen atoms in total. The molecule has 1 aromatic carbocycles. The fraction of sp³-hybridized carbons (Fsp3) is 0.250. The first-order chi connectivity index (χ1) is 11.1. The van der Waals surface area contributed by atoms with Gasteiger partial charge in [0.1, 0.15) is 0 Å². The largest absolute Gasteiger partial charge is 0.475 e. The number of amides is 1. The van der Waals surface area contributed by atoms with Crippen LogP contribution in [0.1, 0.15) is 33.6 Å². The number of benzene rings is 1. The number of aromatic carboxylic acids is 1. The second-order valence-corrected chi connectivity index (χ2v) is 4.98. The highest BCUT2D eigenvalue weighted by Crippen LogP contribution is 2.32. The molecule has 120 valence electrons. The number of carbonyl (C=O) groups excluding carboxylic acids is 1. The summed E-state index contributed by atoms with van der Waals surface area (Å²) in [6, 6.07) is 8.11. The molecule has 1 aromatic heterocycles. The molecule has 3 rings (SSSR count). The molecule has 0 fully saturated rings. The van der Waals surface area contributed by atoms with Crippen LogP contribution in [0.25, 0.3) is 0 Å². The summed E-state index contributed by atoms with van der Waals surface area (Å²) in [4.78, 5) is 24.8. The van der Waals surface area contributed by atoms with Gasteiger partial charge < -0.3 is 23.9 Å². The number of furan rings is 1. The molecule has 0 unspecified atom stereocenters. The van der Waals surface area contributed by atoms with Crippen LogP contribution in [-0.4, -0.2) is 35.2 Å². The summed E-state index contributed by atoms with van der Waals surface area (Å²) >= 11 is 0. The van der Waals surface area contributed by atoms with Gasteiger partial charge in [-0.05, 0) is 36.8 Å². The number of carboxylic acids is 1. The van der Waals surface area contributed by atoms with E-state index in [9.17, 15) is 9.59 Å². The van der Waals surface area contributed by atoms with Crippen molar-refractivity contribution in [3.8, 4) is 11.5 Å². The Kier molecular flexibility index (Phi) is 3.92. The third kappa shape index (κ3) is 2.98. The van der Waals surface area contributed by atoms with Crippen molar-refractivity contribution >= 4 is 11.9 Å². The van der Waals surface area contributed by atoms with Gasteiger partial charge >= 0.3 is 5.97 Å². The van der Waals surface area contributed by atoms with E-state index in [1.807, 2.05) is 19.1 Å². The number of hydrogen-bond donors (Lipinski definition) is 1. The second kappa shape index (κ2) is 6.04. The van der Waals surface area contributed by atoms with E-state index in [4.69, 9.17) is 19.0 Å². The average Bonchev–Trinajstić information content (AvgIpc) is 3.20. The predicted octanol–water partition coefficient (Wildman–Crippen LogP) is 2.37. The molecule has 0 bridgehead atoms. The Balaban J connectivity index is 1.76. The number of carbonyl (C=O) groups is 2. The summed E-state index contributed by atoms with van der Waals surface area (Å²) < 4.78 is 15.6. The van der Waals surface area contributed by atoms with Gasteiger partial charge in [0.25, 0.3) is 5.91 Å². The lowest BCUT2D eigenvalue weighted by Gasteiger charge is -2.19. The minimum atomic E-state index is -1.21. The van der Waals surface area contributed by atoms with Crippen LogP contribution in [0.15, 0.2) is 34.7 Å². The van der Waals surface area contributed by atoms with Crippen LogP contribution in [0.4, 0.5) is 0 Å². The predicted molar refractivity (Wildman–Crippen MR) is 78.6 cm³/mol. The molecular formula is C16H15NO6. The van der Waals surface area contributed by atoms with E-state index in [0.29, 0.717) is 24.6 Å². The van der Waals surface area contributed by atoms with Crippen molar-refractivity contribution in [2.45, 2.75) is 13.5 Å². The number of ether oxygens (including phenoxy) is 2. The van der Waals surface area contributed by atoms with E-state index in [1.54, 1.807) is 11.0 Å². The lowest BCUT2D eigenvalue weighted by Crippen LogP contribution is -2.30. The number of rotatable bonds is 5. The SMILES string of the molecule is CCN(Cc1ccc2c(c1)OCO2)C(=O)c1ccc(C(=O)O)o1. The van der Waals surface area contributed by atoms with Crippen molar-refractivity contribution in [3.05, 3.63) is 47.4 Å². The molecule has 1 aliphatic rings. The van der Waals surface area contributed by atoms with E-state index in [1.165, 1.54) is 12.1 Å². The van der Waals surface area contributed by atoms with Gasteiger partial charge in [-0.2, -0.15) is 0 Å². The van der Waals surface area contributed by atoms with Crippen LogP contribution in [0, 0.1) is 0 Å². The van der Waals surface area contributed by atoms with Gasteiger partial charge in [-0.25, -0.2) is 4.79 Å². The molecule has 0 atom stereocenters. The molecule has 23 heavy (non-hydrogen) atoms. The molecule has 0 aliphatic carbocycles. The highest BCUT2D eigenvalue weighted by Gasteiger charge is 2.21.